The van der Waals surface area contributed by atoms with Crippen molar-refractivity contribution in [2.24, 2.45) is 11.7 Å². The van der Waals surface area contributed by atoms with Gasteiger partial charge in [-0.3, -0.25) is 9.36 Å². The second-order valence-electron chi connectivity index (χ2n) is 3.41. The molecule has 1 aromatic heterocycles. The van der Waals surface area contributed by atoms with Crippen LogP contribution in [0.4, 0.5) is 0 Å². The fourth-order valence-electron chi connectivity index (χ4n) is 1.15. The Kier molecular flexibility index (Phi) is 3.83. The highest BCUT2D eigenvalue weighted by molar-refractivity contribution is 9.10. The lowest BCUT2D eigenvalue weighted by atomic mass is 10.2. The van der Waals surface area contributed by atoms with Crippen molar-refractivity contribution in [1.82, 2.24) is 9.55 Å². The number of aryl methyl sites for hydroxylation is 1. The highest BCUT2D eigenvalue weighted by atomic mass is 79.9. The van der Waals surface area contributed by atoms with Crippen LogP contribution in [0.15, 0.2) is 15.5 Å². The van der Waals surface area contributed by atoms with E-state index in [2.05, 4.69) is 20.9 Å². The molecule has 0 aliphatic carbocycles. The number of nitrogens with two attached hydrogens (primary N) is 1. The minimum absolute atomic E-state index is 0.0437. The Hall–Kier alpha value is -0.680. The van der Waals surface area contributed by atoms with Crippen LogP contribution in [0.2, 0.25) is 0 Å². The summed E-state index contributed by atoms with van der Waals surface area (Å²) in [5.41, 5.74) is 5.47. The second kappa shape index (κ2) is 4.70. The summed E-state index contributed by atoms with van der Waals surface area (Å²) in [6, 6.07) is 0. The molecule has 0 saturated carbocycles. The van der Waals surface area contributed by atoms with E-state index in [-0.39, 0.29) is 11.5 Å². The maximum Gasteiger partial charge on any atom is 0.267 e. The Labute approximate surface area is 91.3 Å². The highest BCUT2D eigenvalue weighted by Crippen LogP contribution is 2.04. The zero-order valence-electron chi connectivity index (χ0n) is 8.33. The predicted octanol–water partition coefficient (Wildman–Crippen LogP) is 0.909. The number of aromatic nitrogens is 2. The first-order valence-corrected chi connectivity index (χ1v) is 5.27. The molecule has 1 aromatic rings. The number of halogens is 1. The van der Waals surface area contributed by atoms with E-state index in [4.69, 9.17) is 5.73 Å². The van der Waals surface area contributed by atoms with E-state index in [0.29, 0.717) is 17.6 Å². The van der Waals surface area contributed by atoms with E-state index in [1.165, 1.54) is 6.20 Å². The Bertz CT molecular complexity index is 375. The van der Waals surface area contributed by atoms with Crippen LogP contribution in [-0.4, -0.2) is 16.1 Å². The molecule has 0 amide bonds. The van der Waals surface area contributed by atoms with Gasteiger partial charge in [0.2, 0.25) is 0 Å². The van der Waals surface area contributed by atoms with Crippen molar-refractivity contribution in [2.45, 2.75) is 20.4 Å². The Morgan fingerprint density at radius 3 is 2.93 bits per heavy atom. The number of hydrogen-bond acceptors (Lipinski definition) is 3. The molecule has 0 fully saturated rings. The number of hydrogen-bond donors (Lipinski definition) is 1. The van der Waals surface area contributed by atoms with Gasteiger partial charge in [0, 0.05) is 12.7 Å². The van der Waals surface area contributed by atoms with Crippen molar-refractivity contribution in [3.63, 3.8) is 0 Å². The predicted molar refractivity (Wildman–Crippen MR) is 59.2 cm³/mol. The van der Waals surface area contributed by atoms with Gasteiger partial charge in [-0.2, -0.15) is 0 Å². The Morgan fingerprint density at radius 2 is 2.36 bits per heavy atom. The minimum atomic E-state index is -0.0437. The van der Waals surface area contributed by atoms with E-state index >= 15 is 0 Å². The van der Waals surface area contributed by atoms with Crippen molar-refractivity contribution in [1.29, 1.82) is 0 Å². The maximum absolute atomic E-state index is 11.7. The van der Waals surface area contributed by atoms with Crippen molar-refractivity contribution < 1.29 is 0 Å². The number of nitrogens with zero attached hydrogens (tertiary/aromatic N) is 2. The molecule has 5 heteroatoms. The van der Waals surface area contributed by atoms with Gasteiger partial charge in [0.1, 0.15) is 10.3 Å². The molecule has 78 valence electrons. The zero-order chi connectivity index (χ0) is 10.7. The molecule has 1 unspecified atom stereocenters. The van der Waals surface area contributed by atoms with Crippen LogP contribution < -0.4 is 11.3 Å². The van der Waals surface area contributed by atoms with E-state index in [1.54, 1.807) is 4.57 Å². The lowest BCUT2D eigenvalue weighted by Gasteiger charge is -2.13. The molecule has 1 rings (SSSR count). The van der Waals surface area contributed by atoms with Gasteiger partial charge in [0.15, 0.2) is 0 Å². The zero-order valence-corrected chi connectivity index (χ0v) is 9.91. The van der Waals surface area contributed by atoms with Gasteiger partial charge in [0.05, 0.1) is 0 Å². The molecule has 0 saturated heterocycles. The molecule has 1 heterocycles. The molecular formula is C9H14BrN3O. The first-order chi connectivity index (χ1) is 6.56. The average molecular weight is 260 g/mol. The van der Waals surface area contributed by atoms with Crippen LogP contribution in [0.3, 0.4) is 0 Å². The van der Waals surface area contributed by atoms with Gasteiger partial charge < -0.3 is 5.73 Å². The van der Waals surface area contributed by atoms with Crippen molar-refractivity contribution in [3.05, 3.63) is 26.8 Å². The summed E-state index contributed by atoms with van der Waals surface area (Å²) in [7, 11) is 0. The minimum Gasteiger partial charge on any atom is -0.330 e. The molecule has 0 aromatic carbocycles. The van der Waals surface area contributed by atoms with Crippen LogP contribution in [0.5, 0.6) is 0 Å². The summed E-state index contributed by atoms with van der Waals surface area (Å²) in [6.45, 7) is 5.01. The van der Waals surface area contributed by atoms with Crippen molar-refractivity contribution in [2.75, 3.05) is 6.54 Å². The first-order valence-electron chi connectivity index (χ1n) is 4.48. The van der Waals surface area contributed by atoms with E-state index < -0.39 is 0 Å². The van der Waals surface area contributed by atoms with E-state index in [1.807, 2.05) is 13.8 Å². The van der Waals surface area contributed by atoms with E-state index in [0.717, 1.165) is 5.82 Å². The summed E-state index contributed by atoms with van der Waals surface area (Å²) < 4.78 is 2.13. The molecule has 2 N–H and O–H groups in total. The summed E-state index contributed by atoms with van der Waals surface area (Å²) in [6.07, 6.45) is 1.53. The third kappa shape index (κ3) is 2.42. The molecule has 14 heavy (non-hydrogen) atoms. The average Bonchev–Trinajstić information content (AvgIpc) is 2.18. The normalized spacial score (nSPS) is 12.9. The highest BCUT2D eigenvalue weighted by Gasteiger charge is 2.08. The van der Waals surface area contributed by atoms with Crippen LogP contribution in [0.1, 0.15) is 12.7 Å². The first kappa shape index (κ1) is 11.4. The van der Waals surface area contributed by atoms with Crippen LogP contribution >= 0.6 is 15.9 Å². The van der Waals surface area contributed by atoms with Crippen LogP contribution in [-0.2, 0) is 6.54 Å². The lowest BCUT2D eigenvalue weighted by Crippen LogP contribution is -2.29. The molecule has 0 spiro atoms. The molecule has 4 nitrogen and oxygen atoms in total. The third-order valence-corrected chi connectivity index (χ3v) is 2.65. The second-order valence-corrected chi connectivity index (χ2v) is 4.26. The van der Waals surface area contributed by atoms with Gasteiger partial charge >= 0.3 is 0 Å². The molecule has 0 radical (unpaired) electrons. The quantitative estimate of drug-likeness (QED) is 0.878. The maximum atomic E-state index is 11.7. The smallest absolute Gasteiger partial charge is 0.267 e. The largest absolute Gasteiger partial charge is 0.330 e. The standard InChI is InChI=1S/C9H14BrN3O/c1-6(3-11)5-13-7(2)12-4-8(10)9(13)14/h4,6H,3,5,11H2,1-2H3. The fourth-order valence-corrected chi connectivity index (χ4v) is 1.47. The summed E-state index contributed by atoms with van der Waals surface area (Å²) in [5, 5.41) is 0. The summed E-state index contributed by atoms with van der Waals surface area (Å²) in [5.74, 6) is 1.00. The van der Waals surface area contributed by atoms with Crippen molar-refractivity contribution >= 4 is 15.9 Å². The summed E-state index contributed by atoms with van der Waals surface area (Å²) >= 11 is 3.16. The van der Waals surface area contributed by atoms with E-state index in [9.17, 15) is 4.79 Å². The molecule has 0 aliphatic rings. The summed E-state index contributed by atoms with van der Waals surface area (Å²) in [4.78, 5) is 15.8. The topological polar surface area (TPSA) is 60.9 Å². The monoisotopic (exact) mass is 259 g/mol. The Balaban J connectivity index is 3.07. The van der Waals surface area contributed by atoms with Gasteiger partial charge in [-0.05, 0) is 35.3 Å². The SMILES string of the molecule is Cc1ncc(Br)c(=O)n1CC(C)CN. The van der Waals surface area contributed by atoms with Gasteiger partial charge in [0.25, 0.3) is 5.56 Å². The third-order valence-electron chi connectivity index (χ3n) is 2.10. The molecule has 0 aliphatic heterocycles. The number of rotatable bonds is 3. The van der Waals surface area contributed by atoms with Crippen molar-refractivity contribution in [3.8, 4) is 0 Å². The van der Waals surface area contributed by atoms with Gasteiger partial charge in [-0.15, -0.1) is 0 Å². The fraction of sp³-hybridized carbons (Fsp3) is 0.556. The molecule has 0 bridgehead atoms. The molecule has 1 atom stereocenters. The van der Waals surface area contributed by atoms with Crippen LogP contribution in [0.25, 0.3) is 0 Å². The van der Waals surface area contributed by atoms with Gasteiger partial charge in [-0.25, -0.2) is 4.98 Å². The lowest BCUT2D eigenvalue weighted by molar-refractivity contribution is 0.467. The van der Waals surface area contributed by atoms with Gasteiger partial charge in [-0.1, -0.05) is 6.92 Å². The Morgan fingerprint density at radius 1 is 1.71 bits per heavy atom. The molecular weight excluding hydrogens is 246 g/mol. The van der Waals surface area contributed by atoms with Crippen LogP contribution in [0, 0.1) is 12.8 Å².